The Morgan fingerprint density at radius 2 is 1.88 bits per heavy atom. The molecule has 3 aromatic rings. The van der Waals surface area contributed by atoms with Crippen LogP contribution in [-0.4, -0.2) is 51.7 Å². The summed E-state index contributed by atoms with van der Waals surface area (Å²) in [6.45, 7) is 7.27. The summed E-state index contributed by atoms with van der Waals surface area (Å²) in [5.41, 5.74) is 0.619. The third kappa shape index (κ3) is 4.93. The first-order valence-electron chi connectivity index (χ1n) is 14.0. The zero-order valence-electron chi connectivity index (χ0n) is 24.0. The van der Waals surface area contributed by atoms with Crippen LogP contribution in [0.2, 0.25) is 0 Å². The van der Waals surface area contributed by atoms with Crippen molar-refractivity contribution >= 4 is 36.5 Å². The van der Waals surface area contributed by atoms with Gasteiger partial charge in [0.1, 0.15) is 13.0 Å². The van der Waals surface area contributed by atoms with Crippen LogP contribution in [0.1, 0.15) is 57.2 Å². The number of rotatable bonds is 10. The zero-order chi connectivity index (χ0) is 30.2. The van der Waals surface area contributed by atoms with Crippen LogP contribution in [-0.2, 0) is 51.5 Å². The Hall–Kier alpha value is -3.86. The smallest absolute Gasteiger partial charge is 0.458 e. The first-order chi connectivity index (χ1) is 20.1. The number of fused-ring (bicyclic) bond motifs is 5. The summed E-state index contributed by atoms with van der Waals surface area (Å²) in [7, 11) is -4.56. The highest BCUT2D eigenvalue weighted by molar-refractivity contribution is 7.51. The fourth-order valence-electron chi connectivity index (χ4n) is 5.52. The number of nitrogens with zero attached hydrogens (tertiary/aromatic N) is 3. The Balaban J connectivity index is 1.63. The normalized spacial score (nSPS) is 18.5. The van der Waals surface area contributed by atoms with Gasteiger partial charge in [0.05, 0.1) is 29.0 Å². The number of hydrogen-bond donors (Lipinski definition) is 1. The summed E-state index contributed by atoms with van der Waals surface area (Å²) in [6, 6.07) is 11.3. The number of aromatic nitrogens is 2. The van der Waals surface area contributed by atoms with Gasteiger partial charge in [-0.1, -0.05) is 39.0 Å². The van der Waals surface area contributed by atoms with E-state index < -0.39 is 37.6 Å². The van der Waals surface area contributed by atoms with Gasteiger partial charge in [-0.3, -0.25) is 18.9 Å². The summed E-state index contributed by atoms with van der Waals surface area (Å²) in [5.74, 6) is -2.55. The molecule has 222 valence electrons. The summed E-state index contributed by atoms with van der Waals surface area (Å²) < 4.78 is 34.2. The van der Waals surface area contributed by atoms with Crippen molar-refractivity contribution in [3.8, 4) is 11.4 Å². The van der Waals surface area contributed by atoms with Gasteiger partial charge in [0.2, 0.25) is 11.5 Å². The molecular weight excluding hydrogens is 563 g/mol. The number of para-hydroxylation sites is 1. The number of carbonyl (C=O) groups excluding carboxylic acids is 3. The molecule has 5 rings (SSSR count). The molecule has 0 aliphatic carbocycles. The molecule has 1 amide bonds. The first-order valence-corrected chi connectivity index (χ1v) is 15.5. The second kappa shape index (κ2) is 11.4. The Labute approximate surface area is 242 Å². The molecule has 2 atom stereocenters. The van der Waals surface area contributed by atoms with Crippen molar-refractivity contribution in [2.24, 2.45) is 0 Å². The fraction of sp³-hybridized carbons (Fsp3) is 0.414. The molecule has 42 heavy (non-hydrogen) atoms. The van der Waals surface area contributed by atoms with E-state index in [2.05, 4.69) is 5.32 Å². The van der Waals surface area contributed by atoms with E-state index in [1.165, 1.54) is 4.67 Å². The van der Waals surface area contributed by atoms with E-state index >= 15 is 0 Å². The Kier molecular flexibility index (Phi) is 8.06. The van der Waals surface area contributed by atoms with Crippen LogP contribution < -0.4 is 10.9 Å². The molecule has 12 nitrogen and oxygen atoms in total. The first kappa shape index (κ1) is 29.6. The molecule has 1 aromatic carbocycles. The molecule has 2 aromatic heterocycles. The van der Waals surface area contributed by atoms with Crippen molar-refractivity contribution in [1.29, 1.82) is 0 Å². The number of benzene rings is 1. The minimum Gasteiger partial charge on any atom is -0.458 e. The molecule has 13 heteroatoms. The van der Waals surface area contributed by atoms with Crippen molar-refractivity contribution in [3.63, 3.8) is 0 Å². The van der Waals surface area contributed by atoms with Crippen LogP contribution in [0, 0.1) is 0 Å². The molecule has 4 heterocycles. The molecule has 0 bridgehead atoms. The van der Waals surface area contributed by atoms with E-state index in [-0.39, 0.29) is 49.3 Å². The van der Waals surface area contributed by atoms with Crippen molar-refractivity contribution in [2.75, 3.05) is 19.6 Å². The van der Waals surface area contributed by atoms with Crippen molar-refractivity contribution in [3.05, 3.63) is 63.4 Å². The lowest BCUT2D eigenvalue weighted by Crippen LogP contribution is -2.47. The summed E-state index contributed by atoms with van der Waals surface area (Å²) in [5, 5.41) is 3.42. The maximum Gasteiger partial charge on any atom is 0.464 e. The van der Waals surface area contributed by atoms with E-state index in [9.17, 15) is 23.7 Å². The predicted octanol–water partition coefficient (Wildman–Crippen LogP) is 3.62. The second-order valence-corrected chi connectivity index (χ2v) is 11.9. The van der Waals surface area contributed by atoms with Crippen LogP contribution in [0.15, 0.2) is 41.2 Å². The molecular formula is C29H33N4O8P. The SMILES string of the molecule is CCNC(=O)CC(=O)OP(=O)(O[C@]1(CC)C(=O)OCc2c1cc1n(c2=O)Cc2cc3ccccc3nc2-1)N(CC)CC. The van der Waals surface area contributed by atoms with Gasteiger partial charge in [0.25, 0.3) is 5.56 Å². The highest BCUT2D eigenvalue weighted by Crippen LogP contribution is 2.59. The second-order valence-electron chi connectivity index (χ2n) is 10.1. The maximum atomic E-state index is 14.4. The summed E-state index contributed by atoms with van der Waals surface area (Å²) in [6.07, 6.45) is -0.771. The lowest BCUT2D eigenvalue weighted by atomic mass is 9.86. The van der Waals surface area contributed by atoms with E-state index in [1.807, 2.05) is 30.3 Å². The van der Waals surface area contributed by atoms with Crippen molar-refractivity contribution in [1.82, 2.24) is 19.5 Å². The van der Waals surface area contributed by atoms with Gasteiger partial charge in [-0.05, 0) is 31.5 Å². The van der Waals surface area contributed by atoms with Gasteiger partial charge >= 0.3 is 19.7 Å². The molecule has 0 saturated heterocycles. The van der Waals surface area contributed by atoms with Gasteiger partial charge in [0, 0.05) is 36.1 Å². The Morgan fingerprint density at radius 1 is 1.14 bits per heavy atom. The van der Waals surface area contributed by atoms with Crippen LogP contribution in [0.4, 0.5) is 0 Å². The Bertz CT molecular complexity index is 1700. The standard InChI is InChI=1S/C29H33N4O8P/c1-5-29(41-42(38,32(7-3)8-4)40-25(35)15-24(34)30-6-2)21-14-23-26-19(13-18-11-9-10-12-22(18)31-26)16-33(23)27(36)20(21)17-39-28(29)37/h9-14H,5-8,15-17H2,1-4H3,(H,30,34)/t29-,42?/m0/s1. The lowest BCUT2D eigenvalue weighted by molar-refractivity contribution is -0.171. The quantitative estimate of drug-likeness (QED) is 0.164. The molecule has 2 aliphatic rings. The lowest BCUT2D eigenvalue weighted by Gasteiger charge is -2.39. The number of esters is 1. The minimum absolute atomic E-state index is 0.0845. The maximum absolute atomic E-state index is 14.4. The number of amides is 1. The van der Waals surface area contributed by atoms with Crippen LogP contribution in [0.25, 0.3) is 22.3 Å². The van der Waals surface area contributed by atoms with Crippen molar-refractivity contribution < 1.29 is 32.7 Å². The molecule has 0 radical (unpaired) electrons. The van der Waals surface area contributed by atoms with E-state index in [1.54, 1.807) is 38.3 Å². The van der Waals surface area contributed by atoms with Gasteiger partial charge in [-0.15, -0.1) is 0 Å². The number of carbonyl (C=O) groups is 3. The molecule has 0 fully saturated rings. The van der Waals surface area contributed by atoms with E-state index in [0.717, 1.165) is 16.5 Å². The van der Waals surface area contributed by atoms with Crippen LogP contribution >= 0.6 is 7.75 Å². The van der Waals surface area contributed by atoms with E-state index in [0.29, 0.717) is 17.9 Å². The number of nitrogens with one attached hydrogen (secondary N) is 1. The number of pyridine rings is 2. The van der Waals surface area contributed by atoms with Gasteiger partial charge in [-0.2, -0.15) is 4.67 Å². The molecule has 0 saturated carbocycles. The zero-order valence-corrected chi connectivity index (χ0v) is 24.9. The third-order valence-electron chi connectivity index (χ3n) is 7.63. The summed E-state index contributed by atoms with van der Waals surface area (Å²) >= 11 is 0. The number of cyclic esters (lactones) is 1. The van der Waals surface area contributed by atoms with Crippen LogP contribution in [0.5, 0.6) is 0 Å². The van der Waals surface area contributed by atoms with Gasteiger partial charge < -0.3 is 19.1 Å². The topological polar surface area (TPSA) is 146 Å². The van der Waals surface area contributed by atoms with Gasteiger partial charge in [-0.25, -0.2) is 14.3 Å². The van der Waals surface area contributed by atoms with Crippen LogP contribution in [0.3, 0.4) is 0 Å². The third-order valence-corrected chi connectivity index (χ3v) is 9.86. The average molecular weight is 597 g/mol. The fourth-order valence-corrected chi connectivity index (χ4v) is 7.50. The Morgan fingerprint density at radius 3 is 2.57 bits per heavy atom. The van der Waals surface area contributed by atoms with Gasteiger partial charge in [0.15, 0.2) is 0 Å². The largest absolute Gasteiger partial charge is 0.464 e. The highest BCUT2D eigenvalue weighted by Gasteiger charge is 2.55. The molecule has 0 spiro atoms. The van der Waals surface area contributed by atoms with E-state index in [4.69, 9.17) is 18.8 Å². The predicted molar refractivity (Wildman–Crippen MR) is 153 cm³/mol. The van der Waals surface area contributed by atoms with Crippen molar-refractivity contribution in [2.45, 2.75) is 59.3 Å². The number of ether oxygens (including phenoxy) is 1. The molecule has 2 aliphatic heterocycles. The molecule has 1 N–H and O–H groups in total. The highest BCUT2D eigenvalue weighted by atomic mass is 31.2. The minimum atomic E-state index is -4.56. The summed E-state index contributed by atoms with van der Waals surface area (Å²) in [4.78, 5) is 57.0. The molecule has 1 unspecified atom stereocenters. The number of hydrogen-bond acceptors (Lipinski definition) is 9. The average Bonchev–Trinajstić information content (AvgIpc) is 3.31. The monoisotopic (exact) mass is 596 g/mol.